The lowest BCUT2D eigenvalue weighted by Gasteiger charge is -2.33. The first-order valence-corrected chi connectivity index (χ1v) is 16.8. The van der Waals surface area contributed by atoms with Crippen molar-refractivity contribution in [3.8, 4) is 0 Å². The largest absolute Gasteiger partial charge is 0.479 e. The van der Waals surface area contributed by atoms with Gasteiger partial charge in [-0.2, -0.15) is 0 Å². The third-order valence-corrected chi connectivity index (χ3v) is 8.17. The Morgan fingerprint density at radius 3 is 1.81 bits per heavy atom. The topological polar surface area (TPSA) is 149 Å². The number of rotatable bonds is 15. The molecule has 0 aliphatic carbocycles. The fourth-order valence-corrected chi connectivity index (χ4v) is 5.43. The molecule has 0 bridgehead atoms. The maximum atomic E-state index is 14.2. The lowest BCUT2D eigenvalue weighted by molar-refractivity contribution is -0.172. The highest BCUT2D eigenvalue weighted by atomic mass is 16.6. The van der Waals surface area contributed by atoms with Crippen molar-refractivity contribution in [1.82, 2.24) is 9.80 Å². The van der Waals surface area contributed by atoms with Gasteiger partial charge in [0.05, 0.1) is 0 Å². The summed E-state index contributed by atoms with van der Waals surface area (Å²) in [5.74, 6) is -3.34. The molecule has 0 saturated carbocycles. The molecule has 0 spiro atoms. The third-order valence-electron chi connectivity index (χ3n) is 8.17. The van der Waals surface area contributed by atoms with E-state index in [1.165, 1.54) is 30.8 Å². The number of aliphatic carboxylic acids is 1. The molecular weight excluding hydrogens is 620 g/mol. The summed E-state index contributed by atoms with van der Waals surface area (Å²) in [4.78, 5) is 68.0. The van der Waals surface area contributed by atoms with Gasteiger partial charge in [0.2, 0.25) is 0 Å². The van der Waals surface area contributed by atoms with Crippen LogP contribution in [-0.2, 0) is 44.5 Å². The van der Waals surface area contributed by atoms with Crippen LogP contribution in [0.1, 0.15) is 98.1 Å². The van der Waals surface area contributed by atoms with E-state index in [4.69, 9.17) is 18.9 Å². The number of amides is 2. The molecule has 1 N–H and O–H groups in total. The summed E-state index contributed by atoms with van der Waals surface area (Å²) in [6.07, 6.45) is -1.22. The molecule has 2 amide bonds. The van der Waals surface area contributed by atoms with Crippen LogP contribution in [0.2, 0.25) is 0 Å². The second kappa shape index (κ2) is 18.2. The smallest absolute Gasteiger partial charge is 0.410 e. The summed E-state index contributed by atoms with van der Waals surface area (Å²) in [7, 11) is 2.87. The van der Waals surface area contributed by atoms with Gasteiger partial charge in [0.15, 0.2) is 12.2 Å². The van der Waals surface area contributed by atoms with Gasteiger partial charge in [-0.3, -0.25) is 9.69 Å². The standard InChI is InChI=1S/C36H56N2O10/c1-22(2)19-28(33(42)46-24(5)32(40)41)37(9)31(39)30(21-25-11-13-26(14-12-25)27-15-17-45-18-16-27)47-34(43)29(20-23(3)4)38(10)35(44)48-36(6,7)8/h11-14,22-24,27-30H,15-21H2,1-10H3,(H,40,41)/t24-,28?,29+,30-/m1/s1. The van der Waals surface area contributed by atoms with E-state index in [1.807, 2.05) is 52.0 Å². The van der Waals surface area contributed by atoms with Crippen molar-refractivity contribution in [3.05, 3.63) is 35.4 Å². The van der Waals surface area contributed by atoms with Gasteiger partial charge in [-0.25, -0.2) is 19.2 Å². The van der Waals surface area contributed by atoms with E-state index in [9.17, 15) is 29.1 Å². The van der Waals surface area contributed by atoms with Crippen molar-refractivity contribution in [3.63, 3.8) is 0 Å². The quantitative estimate of drug-likeness (QED) is 0.194. The zero-order chi connectivity index (χ0) is 36.3. The Kier molecular flexibility index (Phi) is 15.4. The Balaban J connectivity index is 2.46. The van der Waals surface area contributed by atoms with E-state index in [0.717, 1.165) is 24.0 Å². The van der Waals surface area contributed by atoms with E-state index in [2.05, 4.69) is 0 Å². The van der Waals surface area contributed by atoms with Crippen molar-refractivity contribution in [2.75, 3.05) is 27.3 Å². The molecule has 12 heteroatoms. The molecule has 4 atom stereocenters. The zero-order valence-corrected chi connectivity index (χ0v) is 30.3. The van der Waals surface area contributed by atoms with Crippen LogP contribution in [0.3, 0.4) is 0 Å². The first-order chi connectivity index (χ1) is 22.3. The van der Waals surface area contributed by atoms with Gasteiger partial charge in [-0.1, -0.05) is 52.0 Å². The zero-order valence-electron chi connectivity index (χ0n) is 30.3. The highest BCUT2D eigenvalue weighted by Crippen LogP contribution is 2.28. The van der Waals surface area contributed by atoms with E-state index in [1.54, 1.807) is 20.8 Å². The fraction of sp³-hybridized carbons (Fsp3) is 0.694. The van der Waals surface area contributed by atoms with Crippen LogP contribution in [0.25, 0.3) is 0 Å². The first-order valence-electron chi connectivity index (χ1n) is 16.8. The molecular formula is C36H56N2O10. The molecule has 1 heterocycles. The number of ether oxygens (including phenoxy) is 4. The van der Waals surface area contributed by atoms with Gasteiger partial charge >= 0.3 is 24.0 Å². The van der Waals surface area contributed by atoms with Gasteiger partial charge in [0.1, 0.15) is 17.7 Å². The van der Waals surface area contributed by atoms with Crippen LogP contribution in [0, 0.1) is 11.8 Å². The Bertz CT molecular complexity index is 1230. The lowest BCUT2D eigenvalue weighted by atomic mass is 9.90. The number of nitrogens with zero attached hydrogens (tertiary/aromatic N) is 2. The number of hydrogen-bond donors (Lipinski definition) is 1. The Labute approximate surface area is 285 Å². The van der Waals surface area contributed by atoms with Crippen molar-refractivity contribution in [1.29, 1.82) is 0 Å². The minimum absolute atomic E-state index is 0.00248. The maximum absolute atomic E-state index is 14.2. The van der Waals surface area contributed by atoms with Crippen LogP contribution in [-0.4, -0.2) is 102 Å². The number of likely N-dealkylation sites (N-methyl/N-ethyl adjacent to an activating group) is 2. The van der Waals surface area contributed by atoms with E-state index >= 15 is 0 Å². The summed E-state index contributed by atoms with van der Waals surface area (Å²) < 4.78 is 22.1. The molecule has 1 saturated heterocycles. The third kappa shape index (κ3) is 12.7. The maximum Gasteiger partial charge on any atom is 0.410 e. The fourth-order valence-electron chi connectivity index (χ4n) is 5.43. The summed E-state index contributed by atoms with van der Waals surface area (Å²) >= 11 is 0. The summed E-state index contributed by atoms with van der Waals surface area (Å²) in [6.45, 7) is 15.3. The van der Waals surface area contributed by atoms with Crippen LogP contribution in [0.15, 0.2) is 24.3 Å². The molecule has 1 aliphatic heterocycles. The summed E-state index contributed by atoms with van der Waals surface area (Å²) in [5.41, 5.74) is 1.09. The minimum atomic E-state index is -1.42. The van der Waals surface area contributed by atoms with Gasteiger partial charge in [-0.15, -0.1) is 0 Å². The molecule has 0 radical (unpaired) electrons. The van der Waals surface area contributed by atoms with E-state index in [-0.39, 0.29) is 31.1 Å². The highest BCUT2D eigenvalue weighted by Gasteiger charge is 2.39. The van der Waals surface area contributed by atoms with Crippen LogP contribution in [0.5, 0.6) is 0 Å². The van der Waals surface area contributed by atoms with E-state index in [0.29, 0.717) is 19.1 Å². The molecule has 0 aromatic heterocycles. The van der Waals surface area contributed by atoms with Crippen molar-refractivity contribution < 1.29 is 48.0 Å². The molecule has 270 valence electrons. The van der Waals surface area contributed by atoms with Crippen molar-refractivity contribution >= 4 is 29.9 Å². The average molecular weight is 677 g/mol. The molecule has 12 nitrogen and oxygen atoms in total. The minimum Gasteiger partial charge on any atom is -0.479 e. The van der Waals surface area contributed by atoms with Crippen molar-refractivity contribution in [2.24, 2.45) is 11.8 Å². The second-order valence-corrected chi connectivity index (χ2v) is 14.5. The first kappa shape index (κ1) is 40.5. The highest BCUT2D eigenvalue weighted by molar-refractivity contribution is 5.90. The number of carboxylic acids is 1. The number of carbonyl (C=O) groups excluding carboxylic acids is 4. The monoisotopic (exact) mass is 676 g/mol. The molecule has 1 unspecified atom stereocenters. The Morgan fingerprint density at radius 1 is 0.833 bits per heavy atom. The Morgan fingerprint density at radius 2 is 1.33 bits per heavy atom. The van der Waals surface area contributed by atoms with Gasteiger partial charge < -0.3 is 29.0 Å². The van der Waals surface area contributed by atoms with Gasteiger partial charge in [0.25, 0.3) is 5.91 Å². The van der Waals surface area contributed by atoms with Crippen LogP contribution >= 0.6 is 0 Å². The number of esters is 2. The van der Waals surface area contributed by atoms with Gasteiger partial charge in [-0.05, 0) is 82.3 Å². The molecule has 1 aliphatic rings. The number of carboxylic acid groups (broad SMARTS) is 1. The molecule has 48 heavy (non-hydrogen) atoms. The molecule has 2 rings (SSSR count). The SMILES string of the molecule is CC(C)CC(C(=O)O[C@H](C)C(=O)O)N(C)C(=O)[C@@H](Cc1ccc(C2CCOCC2)cc1)OC(=O)[C@H](CC(C)C)N(C)C(=O)OC(C)(C)C. The molecule has 1 aromatic rings. The van der Waals surface area contributed by atoms with Crippen LogP contribution in [0.4, 0.5) is 4.79 Å². The summed E-state index contributed by atoms with van der Waals surface area (Å²) in [6, 6.07) is 5.61. The Hall–Kier alpha value is -3.67. The lowest BCUT2D eigenvalue weighted by Crippen LogP contribution is -2.52. The second-order valence-electron chi connectivity index (χ2n) is 14.5. The number of carbonyl (C=O) groups is 5. The normalized spacial score (nSPS) is 16.4. The number of benzene rings is 1. The van der Waals surface area contributed by atoms with Gasteiger partial charge in [0, 0.05) is 33.7 Å². The van der Waals surface area contributed by atoms with Crippen molar-refractivity contribution in [2.45, 2.75) is 123 Å². The predicted molar refractivity (Wildman–Crippen MR) is 179 cm³/mol. The number of hydrogen-bond acceptors (Lipinski definition) is 9. The van der Waals surface area contributed by atoms with Crippen LogP contribution < -0.4 is 0 Å². The predicted octanol–water partition coefficient (Wildman–Crippen LogP) is 5.21. The molecule has 1 fully saturated rings. The summed E-state index contributed by atoms with van der Waals surface area (Å²) in [5, 5.41) is 9.30. The average Bonchev–Trinajstić information content (AvgIpc) is 3.00. The van der Waals surface area contributed by atoms with E-state index < -0.39 is 59.8 Å². The molecule has 1 aromatic carbocycles.